The van der Waals surface area contributed by atoms with Crippen LogP contribution in [0.2, 0.25) is 0 Å². The van der Waals surface area contributed by atoms with E-state index in [-0.39, 0.29) is 16.8 Å². The van der Waals surface area contributed by atoms with Crippen molar-refractivity contribution in [1.29, 1.82) is 0 Å². The van der Waals surface area contributed by atoms with Crippen LogP contribution in [0.25, 0.3) is 11.4 Å². The number of halogens is 2. The molecule has 2 rings (SSSR count). The Bertz CT molecular complexity index is 694. The van der Waals surface area contributed by atoms with Gasteiger partial charge in [0, 0.05) is 5.54 Å². The van der Waals surface area contributed by atoms with Crippen LogP contribution >= 0.6 is 15.9 Å². The molecule has 8 heteroatoms. The Kier molecular flexibility index (Phi) is 4.08. The molecule has 0 amide bonds. The molecule has 0 N–H and O–H groups in total. The Morgan fingerprint density at radius 2 is 2.05 bits per heavy atom. The second-order valence-corrected chi connectivity index (χ2v) is 6.06. The monoisotopic (exact) mass is 356 g/mol. The van der Waals surface area contributed by atoms with Gasteiger partial charge < -0.3 is 4.57 Å². The number of aromatic nitrogens is 3. The maximum absolute atomic E-state index is 13.3. The lowest BCUT2D eigenvalue weighted by Crippen LogP contribution is -2.25. The first-order chi connectivity index (χ1) is 9.75. The van der Waals surface area contributed by atoms with E-state index in [4.69, 9.17) is 0 Å². The fourth-order valence-electron chi connectivity index (χ4n) is 2.13. The van der Waals surface area contributed by atoms with Gasteiger partial charge in [0.15, 0.2) is 5.82 Å². The number of rotatable bonds is 3. The Hall–Kier alpha value is -1.83. The predicted octanol–water partition coefficient (Wildman–Crippen LogP) is 3.64. The summed E-state index contributed by atoms with van der Waals surface area (Å²) >= 11 is 3.33. The largest absolute Gasteiger partial charge is 0.305 e. The van der Waals surface area contributed by atoms with Crippen molar-refractivity contribution in [3.63, 3.8) is 0 Å². The predicted molar refractivity (Wildman–Crippen MR) is 79.7 cm³/mol. The minimum atomic E-state index is -0.659. The van der Waals surface area contributed by atoms with E-state index in [1.165, 1.54) is 12.1 Å². The molecule has 0 spiro atoms. The summed E-state index contributed by atoms with van der Waals surface area (Å²) in [7, 11) is 0. The molecule has 2 aromatic rings. The molecule has 0 aliphatic heterocycles. The SMILES string of the molecule is CC(C)(C)n1c(CBr)nnc1-c1ccc(F)cc1[N+](=O)[O-]. The molecule has 112 valence electrons. The summed E-state index contributed by atoms with van der Waals surface area (Å²) in [5.41, 5.74) is -0.450. The summed E-state index contributed by atoms with van der Waals surface area (Å²) in [6.45, 7) is 5.84. The van der Waals surface area contributed by atoms with Crippen molar-refractivity contribution in [3.05, 3.63) is 40.0 Å². The minimum absolute atomic E-state index is 0.246. The molecule has 6 nitrogen and oxygen atoms in total. The molecule has 1 heterocycles. The molecular formula is C13H14BrFN4O2. The van der Waals surface area contributed by atoms with Crippen molar-refractivity contribution >= 4 is 21.6 Å². The summed E-state index contributed by atoms with van der Waals surface area (Å²) in [6.07, 6.45) is 0. The van der Waals surface area contributed by atoms with Crippen molar-refractivity contribution in [2.24, 2.45) is 0 Å². The van der Waals surface area contributed by atoms with E-state index in [1.54, 1.807) is 0 Å². The summed E-state index contributed by atoms with van der Waals surface area (Å²) in [5, 5.41) is 19.7. The van der Waals surface area contributed by atoms with Crippen LogP contribution in [-0.4, -0.2) is 19.7 Å². The lowest BCUT2D eigenvalue weighted by atomic mass is 10.1. The van der Waals surface area contributed by atoms with E-state index in [1.807, 2.05) is 25.3 Å². The molecule has 0 aliphatic rings. The van der Waals surface area contributed by atoms with Crippen molar-refractivity contribution in [3.8, 4) is 11.4 Å². The van der Waals surface area contributed by atoms with E-state index in [2.05, 4.69) is 26.1 Å². The lowest BCUT2D eigenvalue weighted by Gasteiger charge is -2.24. The molecule has 0 saturated carbocycles. The van der Waals surface area contributed by atoms with E-state index in [9.17, 15) is 14.5 Å². The molecule has 1 aromatic heterocycles. The van der Waals surface area contributed by atoms with Gasteiger partial charge in [0.05, 0.1) is 21.9 Å². The lowest BCUT2D eigenvalue weighted by molar-refractivity contribution is -0.384. The van der Waals surface area contributed by atoms with Crippen LogP contribution in [0.3, 0.4) is 0 Å². The van der Waals surface area contributed by atoms with Crippen LogP contribution in [0, 0.1) is 15.9 Å². The maximum Gasteiger partial charge on any atom is 0.283 e. The molecule has 21 heavy (non-hydrogen) atoms. The Morgan fingerprint density at radius 3 is 2.57 bits per heavy atom. The maximum atomic E-state index is 13.3. The van der Waals surface area contributed by atoms with Gasteiger partial charge in [-0.1, -0.05) is 15.9 Å². The van der Waals surface area contributed by atoms with E-state index in [0.717, 1.165) is 6.07 Å². The zero-order valence-corrected chi connectivity index (χ0v) is 13.4. The normalized spacial score (nSPS) is 11.7. The standard InChI is InChI=1S/C13H14BrFN4O2/c1-13(2,3)18-11(7-14)16-17-12(18)9-5-4-8(15)6-10(9)19(20)21/h4-6H,7H2,1-3H3. The van der Waals surface area contributed by atoms with E-state index < -0.39 is 10.7 Å². The first-order valence-corrected chi connectivity index (χ1v) is 7.33. The summed E-state index contributed by atoms with van der Waals surface area (Å²) in [5.74, 6) is 0.341. The minimum Gasteiger partial charge on any atom is -0.305 e. The number of benzene rings is 1. The average molecular weight is 357 g/mol. The molecule has 0 radical (unpaired) electrons. The average Bonchev–Trinajstić information content (AvgIpc) is 2.82. The van der Waals surface area contributed by atoms with Gasteiger partial charge in [0.25, 0.3) is 5.69 Å². The molecule has 0 saturated heterocycles. The van der Waals surface area contributed by atoms with Gasteiger partial charge in [-0.2, -0.15) is 0 Å². The molecule has 0 unspecified atom stereocenters. The number of hydrogen-bond donors (Lipinski definition) is 0. The number of nitrogens with zero attached hydrogens (tertiary/aromatic N) is 4. The van der Waals surface area contributed by atoms with Crippen molar-refractivity contribution in [2.75, 3.05) is 0 Å². The topological polar surface area (TPSA) is 73.8 Å². The number of alkyl halides is 1. The molecule has 0 bridgehead atoms. The third-order valence-corrected chi connectivity index (χ3v) is 3.42. The zero-order chi connectivity index (χ0) is 15.8. The fourth-order valence-corrected chi connectivity index (χ4v) is 2.49. The summed E-state index contributed by atoms with van der Waals surface area (Å²) in [6, 6.07) is 3.43. The van der Waals surface area contributed by atoms with E-state index in [0.29, 0.717) is 17.0 Å². The molecule has 1 aromatic carbocycles. The highest BCUT2D eigenvalue weighted by molar-refractivity contribution is 9.08. The third kappa shape index (κ3) is 2.94. The van der Waals surface area contributed by atoms with Crippen LogP contribution < -0.4 is 0 Å². The highest BCUT2D eigenvalue weighted by Crippen LogP contribution is 2.33. The van der Waals surface area contributed by atoms with Gasteiger partial charge in [-0.05, 0) is 32.9 Å². The highest BCUT2D eigenvalue weighted by atomic mass is 79.9. The first-order valence-electron chi connectivity index (χ1n) is 6.20. The summed E-state index contributed by atoms with van der Waals surface area (Å²) < 4.78 is 15.1. The molecule has 0 atom stereocenters. The summed E-state index contributed by atoms with van der Waals surface area (Å²) in [4.78, 5) is 10.5. The van der Waals surface area contributed by atoms with Crippen LogP contribution in [0.15, 0.2) is 18.2 Å². The van der Waals surface area contributed by atoms with Crippen molar-refractivity contribution < 1.29 is 9.31 Å². The second kappa shape index (κ2) is 5.51. The Balaban J connectivity index is 2.74. The second-order valence-electron chi connectivity index (χ2n) is 5.50. The molecule has 0 fully saturated rings. The van der Waals surface area contributed by atoms with Crippen LogP contribution in [0.1, 0.15) is 26.6 Å². The van der Waals surface area contributed by atoms with Gasteiger partial charge in [-0.15, -0.1) is 10.2 Å². The third-order valence-electron chi connectivity index (χ3n) is 2.92. The van der Waals surface area contributed by atoms with Crippen molar-refractivity contribution in [2.45, 2.75) is 31.6 Å². The number of nitro groups is 1. The number of nitro benzene ring substituents is 1. The highest BCUT2D eigenvalue weighted by Gasteiger charge is 2.27. The van der Waals surface area contributed by atoms with Crippen molar-refractivity contribution in [1.82, 2.24) is 14.8 Å². The van der Waals surface area contributed by atoms with Gasteiger partial charge in [-0.25, -0.2) is 4.39 Å². The Morgan fingerprint density at radius 1 is 1.38 bits per heavy atom. The van der Waals surface area contributed by atoms with E-state index >= 15 is 0 Å². The van der Waals surface area contributed by atoms with Crippen LogP contribution in [-0.2, 0) is 10.9 Å². The first kappa shape index (κ1) is 15.6. The van der Waals surface area contributed by atoms with Gasteiger partial charge in [0.2, 0.25) is 0 Å². The number of hydrogen-bond acceptors (Lipinski definition) is 4. The quantitative estimate of drug-likeness (QED) is 0.478. The fraction of sp³-hybridized carbons (Fsp3) is 0.385. The smallest absolute Gasteiger partial charge is 0.283 e. The zero-order valence-electron chi connectivity index (χ0n) is 11.8. The van der Waals surface area contributed by atoms with Gasteiger partial charge in [0.1, 0.15) is 11.6 Å². The van der Waals surface area contributed by atoms with Gasteiger partial charge in [-0.3, -0.25) is 10.1 Å². The van der Waals surface area contributed by atoms with Crippen LogP contribution in [0.5, 0.6) is 0 Å². The van der Waals surface area contributed by atoms with Crippen LogP contribution in [0.4, 0.5) is 10.1 Å². The molecular weight excluding hydrogens is 343 g/mol. The Labute approximate surface area is 129 Å². The molecule has 0 aliphatic carbocycles. The van der Waals surface area contributed by atoms with Gasteiger partial charge >= 0.3 is 0 Å².